The molecule has 1 N–H and O–H groups in total. The Bertz CT molecular complexity index is 155. The number of hydrogen-bond donors (Lipinski definition) is 1. The standard InChI is InChI=1S/C8H14O4/c1-11-6-8(7(9)10)2-4-12-5-3-8/h2-6H2,1H3,(H,9,10). The summed E-state index contributed by atoms with van der Waals surface area (Å²) in [5, 5.41) is 8.98. The number of hydrogen-bond acceptors (Lipinski definition) is 3. The van der Waals surface area contributed by atoms with Crippen LogP contribution in [0, 0.1) is 5.41 Å². The van der Waals surface area contributed by atoms with E-state index in [2.05, 4.69) is 0 Å². The van der Waals surface area contributed by atoms with E-state index < -0.39 is 11.4 Å². The summed E-state index contributed by atoms with van der Waals surface area (Å²) in [6, 6.07) is 0. The zero-order valence-corrected chi connectivity index (χ0v) is 7.21. The molecule has 1 heterocycles. The number of ether oxygens (including phenoxy) is 2. The Morgan fingerprint density at radius 1 is 1.58 bits per heavy atom. The van der Waals surface area contributed by atoms with Gasteiger partial charge in [0.15, 0.2) is 0 Å². The normalized spacial score (nSPS) is 22.1. The SMILES string of the molecule is COCC1(C(=O)O)CCOCC1. The summed E-state index contributed by atoms with van der Waals surface area (Å²) in [5.74, 6) is -0.771. The average Bonchev–Trinajstić information content (AvgIpc) is 2.06. The van der Waals surface area contributed by atoms with Crippen molar-refractivity contribution >= 4 is 5.97 Å². The third-order valence-electron chi connectivity index (χ3n) is 2.32. The van der Waals surface area contributed by atoms with Gasteiger partial charge in [0.05, 0.1) is 12.0 Å². The number of rotatable bonds is 3. The van der Waals surface area contributed by atoms with E-state index in [1.165, 1.54) is 7.11 Å². The minimum absolute atomic E-state index is 0.283. The van der Waals surface area contributed by atoms with Crippen molar-refractivity contribution < 1.29 is 19.4 Å². The second-order valence-corrected chi connectivity index (χ2v) is 3.13. The number of carboxylic acid groups (broad SMARTS) is 1. The molecule has 0 radical (unpaired) electrons. The first-order valence-corrected chi connectivity index (χ1v) is 4.01. The molecular formula is C8H14O4. The van der Waals surface area contributed by atoms with Gasteiger partial charge in [0.2, 0.25) is 0 Å². The lowest BCUT2D eigenvalue weighted by Gasteiger charge is -2.32. The topological polar surface area (TPSA) is 55.8 Å². The molecule has 0 aromatic rings. The largest absolute Gasteiger partial charge is 0.481 e. The molecule has 0 amide bonds. The Morgan fingerprint density at radius 2 is 2.17 bits per heavy atom. The van der Waals surface area contributed by atoms with Crippen LogP contribution in [0.15, 0.2) is 0 Å². The van der Waals surface area contributed by atoms with Crippen LogP contribution in [0.5, 0.6) is 0 Å². The molecule has 0 atom stereocenters. The van der Waals surface area contributed by atoms with Gasteiger partial charge >= 0.3 is 5.97 Å². The fourth-order valence-corrected chi connectivity index (χ4v) is 1.46. The molecule has 1 aliphatic rings. The first kappa shape index (κ1) is 9.48. The van der Waals surface area contributed by atoms with Gasteiger partial charge in [0.25, 0.3) is 0 Å². The molecule has 1 rings (SSSR count). The predicted octanol–water partition coefficient (Wildman–Crippen LogP) is 0.514. The van der Waals surface area contributed by atoms with E-state index in [1.807, 2.05) is 0 Å². The Labute approximate surface area is 71.5 Å². The number of methoxy groups -OCH3 is 1. The van der Waals surface area contributed by atoms with Crippen LogP contribution < -0.4 is 0 Å². The molecule has 0 aromatic heterocycles. The predicted molar refractivity (Wildman–Crippen MR) is 42.0 cm³/mol. The summed E-state index contributed by atoms with van der Waals surface area (Å²) in [6.45, 7) is 1.33. The van der Waals surface area contributed by atoms with Crippen LogP contribution in [0.25, 0.3) is 0 Å². The lowest BCUT2D eigenvalue weighted by molar-refractivity contribution is -0.159. The van der Waals surface area contributed by atoms with Crippen molar-refractivity contribution in [3.8, 4) is 0 Å². The van der Waals surface area contributed by atoms with Crippen LogP contribution in [0.3, 0.4) is 0 Å². The van der Waals surface area contributed by atoms with E-state index >= 15 is 0 Å². The Morgan fingerprint density at radius 3 is 2.58 bits per heavy atom. The maximum Gasteiger partial charge on any atom is 0.312 e. The van der Waals surface area contributed by atoms with Gasteiger partial charge in [-0.1, -0.05) is 0 Å². The molecule has 4 heteroatoms. The van der Waals surface area contributed by atoms with E-state index in [0.29, 0.717) is 26.1 Å². The molecule has 0 unspecified atom stereocenters. The van der Waals surface area contributed by atoms with Crippen LogP contribution in [0.4, 0.5) is 0 Å². The molecule has 1 aliphatic heterocycles. The monoisotopic (exact) mass is 174 g/mol. The Balaban J connectivity index is 2.63. The van der Waals surface area contributed by atoms with Crippen molar-refractivity contribution in [2.75, 3.05) is 26.9 Å². The van der Waals surface area contributed by atoms with Crippen molar-refractivity contribution in [3.05, 3.63) is 0 Å². The molecule has 70 valence electrons. The third kappa shape index (κ3) is 1.76. The fraction of sp³-hybridized carbons (Fsp3) is 0.875. The summed E-state index contributed by atoms with van der Waals surface area (Å²) in [7, 11) is 1.53. The smallest absolute Gasteiger partial charge is 0.312 e. The molecule has 0 aromatic carbocycles. The van der Waals surface area contributed by atoms with Crippen LogP contribution in [-0.2, 0) is 14.3 Å². The Kier molecular flexibility index (Phi) is 3.05. The highest BCUT2D eigenvalue weighted by atomic mass is 16.5. The number of aliphatic carboxylic acids is 1. The van der Waals surface area contributed by atoms with Crippen molar-refractivity contribution in [3.63, 3.8) is 0 Å². The minimum Gasteiger partial charge on any atom is -0.481 e. The molecule has 1 saturated heterocycles. The van der Waals surface area contributed by atoms with Crippen LogP contribution >= 0.6 is 0 Å². The van der Waals surface area contributed by atoms with Gasteiger partial charge in [-0.25, -0.2) is 0 Å². The van der Waals surface area contributed by atoms with Crippen molar-refractivity contribution in [1.29, 1.82) is 0 Å². The average molecular weight is 174 g/mol. The molecule has 0 spiro atoms. The van der Waals surface area contributed by atoms with E-state index in [1.54, 1.807) is 0 Å². The second kappa shape index (κ2) is 3.87. The first-order chi connectivity index (χ1) is 5.71. The van der Waals surface area contributed by atoms with Crippen molar-refractivity contribution in [1.82, 2.24) is 0 Å². The summed E-state index contributed by atoms with van der Waals surface area (Å²) in [4.78, 5) is 10.9. The highest BCUT2D eigenvalue weighted by Crippen LogP contribution is 2.30. The lowest BCUT2D eigenvalue weighted by atomic mass is 9.81. The molecule has 1 fully saturated rings. The van der Waals surface area contributed by atoms with Gasteiger partial charge in [-0.15, -0.1) is 0 Å². The molecule has 4 nitrogen and oxygen atoms in total. The van der Waals surface area contributed by atoms with Gasteiger partial charge in [-0.3, -0.25) is 4.79 Å². The van der Waals surface area contributed by atoms with Crippen molar-refractivity contribution in [2.24, 2.45) is 5.41 Å². The summed E-state index contributed by atoms with van der Waals surface area (Å²) in [5.41, 5.74) is -0.701. The highest BCUT2D eigenvalue weighted by Gasteiger charge is 2.40. The van der Waals surface area contributed by atoms with Crippen LogP contribution in [0.1, 0.15) is 12.8 Å². The van der Waals surface area contributed by atoms with Crippen LogP contribution in [0.2, 0.25) is 0 Å². The summed E-state index contributed by atoms with van der Waals surface area (Å²) in [6.07, 6.45) is 1.10. The van der Waals surface area contributed by atoms with Gasteiger partial charge < -0.3 is 14.6 Å². The number of carboxylic acids is 1. The maximum atomic E-state index is 10.9. The lowest BCUT2D eigenvalue weighted by Crippen LogP contribution is -2.40. The van der Waals surface area contributed by atoms with E-state index in [9.17, 15) is 4.79 Å². The van der Waals surface area contributed by atoms with E-state index in [4.69, 9.17) is 14.6 Å². The first-order valence-electron chi connectivity index (χ1n) is 4.01. The van der Waals surface area contributed by atoms with Gasteiger partial charge in [0, 0.05) is 20.3 Å². The van der Waals surface area contributed by atoms with E-state index in [0.717, 1.165) is 0 Å². The third-order valence-corrected chi connectivity index (χ3v) is 2.32. The summed E-state index contributed by atoms with van der Waals surface area (Å²) >= 11 is 0. The highest BCUT2D eigenvalue weighted by molar-refractivity contribution is 5.74. The molecule has 0 aliphatic carbocycles. The van der Waals surface area contributed by atoms with E-state index in [-0.39, 0.29) is 6.61 Å². The second-order valence-electron chi connectivity index (χ2n) is 3.13. The molecule has 0 bridgehead atoms. The zero-order valence-electron chi connectivity index (χ0n) is 7.21. The Hall–Kier alpha value is -0.610. The van der Waals surface area contributed by atoms with Gasteiger partial charge in [-0.2, -0.15) is 0 Å². The van der Waals surface area contributed by atoms with Gasteiger partial charge in [0.1, 0.15) is 0 Å². The quantitative estimate of drug-likeness (QED) is 0.677. The maximum absolute atomic E-state index is 10.9. The van der Waals surface area contributed by atoms with Crippen LogP contribution in [-0.4, -0.2) is 38.0 Å². The zero-order chi connectivity index (χ0) is 9.03. The molecule has 0 saturated carbocycles. The molecular weight excluding hydrogens is 160 g/mol. The van der Waals surface area contributed by atoms with Crippen molar-refractivity contribution in [2.45, 2.75) is 12.8 Å². The summed E-state index contributed by atoms with van der Waals surface area (Å²) < 4.78 is 10.0. The number of carbonyl (C=O) groups is 1. The molecule has 12 heavy (non-hydrogen) atoms. The van der Waals surface area contributed by atoms with Gasteiger partial charge in [-0.05, 0) is 12.8 Å². The fourth-order valence-electron chi connectivity index (χ4n) is 1.46. The minimum atomic E-state index is -0.771.